The van der Waals surface area contributed by atoms with Crippen LogP contribution in [0.3, 0.4) is 0 Å². The zero-order valence-electron chi connectivity index (χ0n) is 19.8. The number of ether oxygens (including phenoxy) is 2. The molecule has 184 valence electrons. The Bertz CT molecular complexity index is 1090. The average molecular weight is 490 g/mol. The van der Waals surface area contributed by atoms with E-state index in [-0.39, 0.29) is 23.3 Å². The van der Waals surface area contributed by atoms with Crippen LogP contribution >= 0.6 is 0 Å². The van der Waals surface area contributed by atoms with Crippen molar-refractivity contribution >= 4 is 27.5 Å². The highest BCUT2D eigenvalue weighted by Gasteiger charge is 2.22. The van der Waals surface area contributed by atoms with Crippen LogP contribution in [0.1, 0.15) is 20.3 Å². The first kappa shape index (κ1) is 25.4. The third-order valence-electron chi connectivity index (χ3n) is 5.65. The molecule has 0 saturated carbocycles. The van der Waals surface area contributed by atoms with Gasteiger partial charge in [-0.2, -0.15) is 0 Å². The summed E-state index contributed by atoms with van der Waals surface area (Å²) >= 11 is 0. The first-order valence-corrected chi connectivity index (χ1v) is 12.6. The lowest BCUT2D eigenvalue weighted by atomic mass is 10.3. The summed E-state index contributed by atoms with van der Waals surface area (Å²) in [5, 5.41) is 0. The zero-order valence-corrected chi connectivity index (χ0v) is 20.6. The number of anilines is 1. The van der Waals surface area contributed by atoms with Crippen LogP contribution in [0, 0.1) is 0 Å². The van der Waals surface area contributed by atoms with Crippen molar-refractivity contribution in [3.63, 3.8) is 0 Å². The number of rotatable bonds is 8. The summed E-state index contributed by atoms with van der Waals surface area (Å²) in [6.07, 6.45) is 0.731. The van der Waals surface area contributed by atoms with Gasteiger partial charge in [-0.3, -0.25) is 13.9 Å². The van der Waals surface area contributed by atoms with Gasteiger partial charge in [0.25, 0.3) is 15.9 Å². The summed E-state index contributed by atoms with van der Waals surface area (Å²) in [6.45, 7) is 6.00. The number of benzene rings is 2. The van der Waals surface area contributed by atoms with Gasteiger partial charge in [-0.1, -0.05) is 0 Å². The van der Waals surface area contributed by atoms with Crippen LogP contribution in [0.4, 0.5) is 5.69 Å². The Morgan fingerprint density at radius 1 is 0.882 bits per heavy atom. The van der Waals surface area contributed by atoms with Gasteiger partial charge in [0.1, 0.15) is 11.5 Å². The lowest BCUT2D eigenvalue weighted by molar-refractivity contribution is -0.134. The molecular formula is C24H31N3O6S. The van der Waals surface area contributed by atoms with Crippen LogP contribution in [0.15, 0.2) is 53.4 Å². The van der Waals surface area contributed by atoms with E-state index in [0.717, 1.165) is 6.42 Å². The lowest BCUT2D eigenvalue weighted by Crippen LogP contribution is -2.38. The van der Waals surface area contributed by atoms with E-state index in [2.05, 4.69) is 0 Å². The summed E-state index contributed by atoms with van der Waals surface area (Å²) < 4.78 is 38.1. The Labute approximate surface area is 200 Å². The van der Waals surface area contributed by atoms with E-state index < -0.39 is 10.0 Å². The predicted octanol–water partition coefficient (Wildman–Crippen LogP) is 2.37. The van der Waals surface area contributed by atoms with Crippen LogP contribution in [-0.4, -0.2) is 76.5 Å². The van der Waals surface area contributed by atoms with Crippen molar-refractivity contribution in [3.8, 4) is 11.5 Å². The molecule has 0 spiro atoms. The van der Waals surface area contributed by atoms with Gasteiger partial charge in [-0.25, -0.2) is 8.42 Å². The number of nitrogens with zero attached hydrogens (tertiary/aromatic N) is 3. The third-order valence-corrected chi connectivity index (χ3v) is 7.45. The third kappa shape index (κ3) is 6.19. The minimum Gasteiger partial charge on any atom is -0.494 e. The van der Waals surface area contributed by atoms with Crippen molar-refractivity contribution in [1.82, 2.24) is 9.80 Å². The second-order valence-electron chi connectivity index (χ2n) is 7.90. The Morgan fingerprint density at radius 3 is 2.06 bits per heavy atom. The van der Waals surface area contributed by atoms with Gasteiger partial charge in [0.2, 0.25) is 5.91 Å². The maximum Gasteiger partial charge on any atom is 0.264 e. The molecule has 9 nitrogen and oxygen atoms in total. The quantitative estimate of drug-likeness (QED) is 0.565. The number of sulfonamides is 1. The molecule has 1 fully saturated rings. The van der Waals surface area contributed by atoms with Crippen LogP contribution in [0.2, 0.25) is 0 Å². The lowest BCUT2D eigenvalue weighted by Gasteiger charge is -2.22. The molecule has 0 unspecified atom stereocenters. The maximum atomic E-state index is 12.9. The Morgan fingerprint density at radius 2 is 1.44 bits per heavy atom. The highest BCUT2D eigenvalue weighted by molar-refractivity contribution is 7.92. The molecule has 0 N–H and O–H groups in total. The normalized spacial score (nSPS) is 14.3. The fourth-order valence-electron chi connectivity index (χ4n) is 3.64. The molecule has 0 aromatic heterocycles. The van der Waals surface area contributed by atoms with Crippen LogP contribution in [-0.2, 0) is 19.6 Å². The molecule has 0 radical (unpaired) electrons. The molecule has 0 bridgehead atoms. The van der Waals surface area contributed by atoms with Gasteiger partial charge < -0.3 is 19.3 Å². The number of carbonyl (C=O) groups is 2. The van der Waals surface area contributed by atoms with Gasteiger partial charge in [0.15, 0.2) is 6.61 Å². The first-order chi connectivity index (χ1) is 16.2. The predicted molar refractivity (Wildman–Crippen MR) is 129 cm³/mol. The largest absolute Gasteiger partial charge is 0.494 e. The van der Waals surface area contributed by atoms with Crippen molar-refractivity contribution in [1.29, 1.82) is 0 Å². The molecule has 2 aromatic carbocycles. The van der Waals surface area contributed by atoms with E-state index in [1.807, 2.05) is 6.92 Å². The van der Waals surface area contributed by atoms with Crippen molar-refractivity contribution < 1.29 is 27.5 Å². The molecule has 1 saturated heterocycles. The zero-order chi connectivity index (χ0) is 24.7. The first-order valence-electron chi connectivity index (χ1n) is 11.2. The molecular weight excluding hydrogens is 458 g/mol. The molecule has 2 amide bonds. The van der Waals surface area contributed by atoms with Crippen molar-refractivity contribution in [2.45, 2.75) is 25.2 Å². The summed E-state index contributed by atoms with van der Waals surface area (Å²) in [6, 6.07) is 12.8. The van der Waals surface area contributed by atoms with E-state index in [0.29, 0.717) is 50.0 Å². The second-order valence-corrected chi connectivity index (χ2v) is 9.87. The van der Waals surface area contributed by atoms with Crippen LogP contribution < -0.4 is 13.8 Å². The Kier molecular flexibility index (Phi) is 8.38. The summed E-state index contributed by atoms with van der Waals surface area (Å²) in [5.74, 6) is 0.936. The van der Waals surface area contributed by atoms with E-state index in [1.165, 1.54) is 30.4 Å². The van der Waals surface area contributed by atoms with Crippen molar-refractivity contribution in [2.75, 3.05) is 50.7 Å². The van der Waals surface area contributed by atoms with Crippen molar-refractivity contribution in [2.24, 2.45) is 0 Å². The van der Waals surface area contributed by atoms with E-state index in [1.54, 1.807) is 46.2 Å². The highest BCUT2D eigenvalue weighted by atomic mass is 32.2. The summed E-state index contributed by atoms with van der Waals surface area (Å²) in [5.41, 5.74) is 0.462. The van der Waals surface area contributed by atoms with Crippen LogP contribution in [0.25, 0.3) is 0 Å². The number of hydrogen-bond donors (Lipinski definition) is 0. The fourth-order valence-corrected chi connectivity index (χ4v) is 4.84. The van der Waals surface area contributed by atoms with Crippen molar-refractivity contribution in [3.05, 3.63) is 48.5 Å². The maximum absolute atomic E-state index is 12.9. The van der Waals surface area contributed by atoms with Crippen LogP contribution in [0.5, 0.6) is 11.5 Å². The molecule has 0 atom stereocenters. The minimum atomic E-state index is -3.74. The highest BCUT2D eigenvalue weighted by Crippen LogP contribution is 2.25. The molecule has 1 heterocycles. The average Bonchev–Trinajstić information content (AvgIpc) is 3.10. The molecule has 3 rings (SSSR count). The van der Waals surface area contributed by atoms with Gasteiger partial charge in [-0.05, 0) is 61.9 Å². The number of hydrogen-bond acceptors (Lipinski definition) is 6. The Balaban J connectivity index is 1.58. The van der Waals surface area contributed by atoms with Gasteiger partial charge in [0, 0.05) is 40.2 Å². The number of carbonyl (C=O) groups excluding carboxylic acids is 2. The standard InChI is InChI=1S/C24H31N3O6S/c1-4-32-21-10-12-23(13-11-21)34(30,31)25(3)20-6-8-22(9-7-20)33-18-24(29)27-15-5-14-26(16-17-27)19(2)28/h6-13H,4-5,14-18H2,1-3H3. The topological polar surface area (TPSA) is 96.5 Å². The molecule has 1 aliphatic heterocycles. The molecule has 1 aliphatic rings. The second kappa shape index (κ2) is 11.2. The summed E-state index contributed by atoms with van der Waals surface area (Å²) in [7, 11) is -2.26. The summed E-state index contributed by atoms with van der Waals surface area (Å²) in [4.78, 5) is 27.7. The molecule has 34 heavy (non-hydrogen) atoms. The molecule has 2 aromatic rings. The molecule has 0 aliphatic carbocycles. The minimum absolute atomic E-state index is 0.0140. The smallest absolute Gasteiger partial charge is 0.264 e. The van der Waals surface area contributed by atoms with Gasteiger partial charge >= 0.3 is 0 Å². The fraction of sp³-hybridized carbons (Fsp3) is 0.417. The monoisotopic (exact) mass is 489 g/mol. The van der Waals surface area contributed by atoms with E-state index in [4.69, 9.17) is 9.47 Å². The number of amides is 2. The van der Waals surface area contributed by atoms with E-state index >= 15 is 0 Å². The van der Waals surface area contributed by atoms with Gasteiger partial charge in [0.05, 0.1) is 17.2 Å². The van der Waals surface area contributed by atoms with Gasteiger partial charge in [-0.15, -0.1) is 0 Å². The van der Waals surface area contributed by atoms with E-state index in [9.17, 15) is 18.0 Å². The SMILES string of the molecule is CCOc1ccc(S(=O)(=O)N(C)c2ccc(OCC(=O)N3CCCN(C(C)=O)CC3)cc2)cc1. The Hall–Kier alpha value is -3.27. The molecule has 10 heteroatoms.